The molecule has 1 saturated carbocycles. The van der Waals surface area contributed by atoms with Crippen LogP contribution in [-0.2, 0) is 0 Å². The van der Waals surface area contributed by atoms with Gasteiger partial charge in [-0.25, -0.2) is 9.97 Å². The van der Waals surface area contributed by atoms with E-state index in [4.69, 9.17) is 14.2 Å². The first kappa shape index (κ1) is 12.8. The molecule has 1 aliphatic carbocycles. The van der Waals surface area contributed by atoms with Crippen molar-refractivity contribution < 1.29 is 14.2 Å². The Kier molecular flexibility index (Phi) is 2.70. The topological polar surface area (TPSA) is 69.3 Å². The predicted molar refractivity (Wildman–Crippen MR) is 83.7 cm³/mol. The molecule has 5 rings (SSSR count). The first-order chi connectivity index (χ1) is 11.4. The van der Waals surface area contributed by atoms with Gasteiger partial charge in [0.15, 0.2) is 11.5 Å². The highest BCUT2D eigenvalue weighted by Gasteiger charge is 2.27. The van der Waals surface area contributed by atoms with Crippen LogP contribution in [0.4, 0.5) is 0 Å². The summed E-state index contributed by atoms with van der Waals surface area (Å²) in [6, 6.07) is 5.75. The fourth-order valence-electron chi connectivity index (χ4n) is 2.85. The number of aromatic nitrogens is 3. The lowest BCUT2D eigenvalue weighted by Crippen LogP contribution is -2.02. The van der Waals surface area contributed by atoms with Crippen LogP contribution in [0.15, 0.2) is 30.7 Å². The minimum atomic E-state index is 0.216. The van der Waals surface area contributed by atoms with E-state index < -0.39 is 0 Å². The van der Waals surface area contributed by atoms with Crippen LogP contribution in [-0.4, -0.2) is 28.4 Å². The van der Waals surface area contributed by atoms with E-state index in [0.717, 1.165) is 40.4 Å². The first-order valence-corrected chi connectivity index (χ1v) is 7.74. The van der Waals surface area contributed by atoms with Crippen molar-refractivity contribution in [1.29, 1.82) is 0 Å². The molecule has 116 valence electrons. The van der Waals surface area contributed by atoms with E-state index >= 15 is 0 Å². The molecule has 0 radical (unpaired) electrons. The lowest BCUT2D eigenvalue weighted by Gasteiger charge is -2.13. The zero-order chi connectivity index (χ0) is 15.2. The van der Waals surface area contributed by atoms with Gasteiger partial charge in [0, 0.05) is 6.20 Å². The normalized spacial score (nSPS) is 16.0. The molecule has 0 unspecified atom stereocenters. The molecule has 1 N–H and O–H groups in total. The summed E-state index contributed by atoms with van der Waals surface area (Å²) in [5.41, 5.74) is 3.33. The molecule has 1 aromatic carbocycles. The Balaban J connectivity index is 1.70. The van der Waals surface area contributed by atoms with Crippen molar-refractivity contribution in [3.05, 3.63) is 30.7 Å². The number of hydrogen-bond acceptors (Lipinski definition) is 5. The summed E-state index contributed by atoms with van der Waals surface area (Å²) < 4.78 is 17.3. The Labute approximate surface area is 132 Å². The van der Waals surface area contributed by atoms with Crippen LogP contribution in [0.5, 0.6) is 17.2 Å². The molecule has 3 heterocycles. The maximum atomic E-state index is 6.06. The SMILES string of the molecule is c1nc(-c2c(OCC3CC3)ccc3c2OCO3)c2[nH]ccc2n1. The molecule has 3 aromatic rings. The third kappa shape index (κ3) is 2.10. The number of nitrogens with zero attached hydrogens (tertiary/aromatic N) is 2. The van der Waals surface area contributed by atoms with Crippen LogP contribution < -0.4 is 14.2 Å². The molecule has 1 fully saturated rings. The highest BCUT2D eigenvalue weighted by Crippen LogP contribution is 2.48. The van der Waals surface area contributed by atoms with Crippen molar-refractivity contribution in [1.82, 2.24) is 15.0 Å². The highest BCUT2D eigenvalue weighted by atomic mass is 16.7. The van der Waals surface area contributed by atoms with E-state index in [9.17, 15) is 0 Å². The molecule has 0 saturated heterocycles. The van der Waals surface area contributed by atoms with Crippen molar-refractivity contribution in [3.8, 4) is 28.5 Å². The zero-order valence-corrected chi connectivity index (χ0v) is 12.4. The number of hydrogen-bond donors (Lipinski definition) is 1. The average Bonchev–Trinajstić information content (AvgIpc) is 3.08. The molecule has 6 nitrogen and oxygen atoms in total. The van der Waals surface area contributed by atoms with E-state index in [1.807, 2.05) is 24.4 Å². The summed E-state index contributed by atoms with van der Waals surface area (Å²) >= 11 is 0. The number of ether oxygens (including phenoxy) is 3. The van der Waals surface area contributed by atoms with Crippen LogP contribution in [0.2, 0.25) is 0 Å². The van der Waals surface area contributed by atoms with E-state index in [1.165, 1.54) is 12.8 Å². The number of aromatic amines is 1. The van der Waals surface area contributed by atoms with Gasteiger partial charge in [0.25, 0.3) is 0 Å². The molecule has 2 aromatic heterocycles. The molecular formula is C17H15N3O3. The summed E-state index contributed by atoms with van der Waals surface area (Å²) in [6.45, 7) is 0.943. The standard InChI is InChI=1S/C17H15N3O3/c1-2-10(1)7-21-12-3-4-13-17(23-9-22-13)14(12)16-15-11(5-6-18-15)19-8-20-16/h3-6,8,10,18H,1-2,7,9H2. The molecule has 0 atom stereocenters. The maximum absolute atomic E-state index is 6.06. The van der Waals surface area contributed by atoms with Crippen LogP contribution in [0.3, 0.4) is 0 Å². The van der Waals surface area contributed by atoms with Crippen molar-refractivity contribution in [2.75, 3.05) is 13.4 Å². The number of fused-ring (bicyclic) bond motifs is 2. The predicted octanol–water partition coefficient (Wildman–Crippen LogP) is 3.14. The van der Waals surface area contributed by atoms with Gasteiger partial charge < -0.3 is 19.2 Å². The number of rotatable bonds is 4. The summed E-state index contributed by atoms with van der Waals surface area (Å²) in [6.07, 6.45) is 5.90. The van der Waals surface area contributed by atoms with Crippen LogP contribution >= 0.6 is 0 Å². The Morgan fingerprint density at radius 1 is 1.17 bits per heavy atom. The third-order valence-corrected chi connectivity index (χ3v) is 4.25. The van der Waals surface area contributed by atoms with Gasteiger partial charge in [-0.1, -0.05) is 0 Å². The van der Waals surface area contributed by atoms with Gasteiger partial charge in [-0.3, -0.25) is 0 Å². The van der Waals surface area contributed by atoms with Gasteiger partial charge in [0.1, 0.15) is 17.8 Å². The quantitative estimate of drug-likeness (QED) is 0.802. The monoisotopic (exact) mass is 309 g/mol. The van der Waals surface area contributed by atoms with E-state index in [2.05, 4.69) is 15.0 Å². The lowest BCUT2D eigenvalue weighted by atomic mass is 10.1. The maximum Gasteiger partial charge on any atom is 0.231 e. The third-order valence-electron chi connectivity index (χ3n) is 4.25. The summed E-state index contributed by atoms with van der Waals surface area (Å²) in [7, 11) is 0. The van der Waals surface area contributed by atoms with Crippen molar-refractivity contribution in [2.45, 2.75) is 12.8 Å². The summed E-state index contributed by atoms with van der Waals surface area (Å²) in [4.78, 5) is 12.0. The minimum absolute atomic E-state index is 0.216. The average molecular weight is 309 g/mol. The van der Waals surface area contributed by atoms with Crippen LogP contribution in [0, 0.1) is 5.92 Å². The molecule has 23 heavy (non-hydrogen) atoms. The van der Waals surface area contributed by atoms with E-state index in [0.29, 0.717) is 11.7 Å². The van der Waals surface area contributed by atoms with E-state index in [-0.39, 0.29) is 6.79 Å². The number of benzene rings is 1. The molecule has 0 spiro atoms. The van der Waals surface area contributed by atoms with Gasteiger partial charge in [-0.2, -0.15) is 0 Å². The first-order valence-electron chi connectivity index (χ1n) is 7.74. The molecule has 2 aliphatic rings. The molecule has 0 amide bonds. The molecule has 6 heteroatoms. The molecule has 1 aliphatic heterocycles. The van der Waals surface area contributed by atoms with Crippen molar-refractivity contribution in [2.24, 2.45) is 5.92 Å². The van der Waals surface area contributed by atoms with Crippen LogP contribution in [0.25, 0.3) is 22.3 Å². The van der Waals surface area contributed by atoms with Crippen LogP contribution in [0.1, 0.15) is 12.8 Å². The second kappa shape index (κ2) is 4.87. The highest BCUT2D eigenvalue weighted by molar-refractivity contribution is 5.94. The van der Waals surface area contributed by atoms with Gasteiger partial charge in [-0.05, 0) is 37.0 Å². The zero-order valence-electron chi connectivity index (χ0n) is 12.4. The molecular weight excluding hydrogens is 294 g/mol. The van der Waals surface area contributed by atoms with Gasteiger partial charge in [-0.15, -0.1) is 0 Å². The second-order valence-corrected chi connectivity index (χ2v) is 5.89. The molecule has 0 bridgehead atoms. The smallest absolute Gasteiger partial charge is 0.231 e. The van der Waals surface area contributed by atoms with Crippen molar-refractivity contribution >= 4 is 11.0 Å². The summed E-state index contributed by atoms with van der Waals surface area (Å²) in [5, 5.41) is 0. The number of H-pyrrole nitrogens is 1. The minimum Gasteiger partial charge on any atom is -0.492 e. The Morgan fingerprint density at radius 3 is 3.04 bits per heavy atom. The Bertz CT molecular complexity index is 886. The fourth-order valence-corrected chi connectivity index (χ4v) is 2.85. The van der Waals surface area contributed by atoms with Gasteiger partial charge in [0.05, 0.1) is 23.2 Å². The largest absolute Gasteiger partial charge is 0.492 e. The second-order valence-electron chi connectivity index (χ2n) is 5.89. The van der Waals surface area contributed by atoms with Gasteiger partial charge >= 0.3 is 0 Å². The Hall–Kier alpha value is -2.76. The Morgan fingerprint density at radius 2 is 2.13 bits per heavy atom. The van der Waals surface area contributed by atoms with Gasteiger partial charge in [0.2, 0.25) is 6.79 Å². The van der Waals surface area contributed by atoms with Crippen molar-refractivity contribution in [3.63, 3.8) is 0 Å². The lowest BCUT2D eigenvalue weighted by molar-refractivity contribution is 0.174. The number of nitrogens with one attached hydrogen (secondary N) is 1. The summed E-state index contributed by atoms with van der Waals surface area (Å²) in [5.74, 6) is 2.85. The fraction of sp³-hybridized carbons (Fsp3) is 0.294. The van der Waals surface area contributed by atoms with E-state index in [1.54, 1.807) is 6.33 Å².